The summed E-state index contributed by atoms with van der Waals surface area (Å²) in [4.78, 5) is 51.1. The summed E-state index contributed by atoms with van der Waals surface area (Å²) in [6.07, 6.45) is 3.51. The fourth-order valence-electron chi connectivity index (χ4n) is 4.02. The lowest BCUT2D eigenvalue weighted by molar-refractivity contribution is -0.385. The van der Waals surface area contributed by atoms with Gasteiger partial charge in [0, 0.05) is 43.5 Å². The molecule has 2 aromatic carbocycles. The summed E-state index contributed by atoms with van der Waals surface area (Å²) in [7, 11) is 0. The molecule has 1 fully saturated rings. The van der Waals surface area contributed by atoms with Crippen LogP contribution in [0.3, 0.4) is 0 Å². The van der Waals surface area contributed by atoms with Crippen molar-refractivity contribution in [2.75, 3.05) is 29.9 Å². The van der Waals surface area contributed by atoms with Crippen LogP contribution in [0.25, 0.3) is 0 Å². The largest absolute Gasteiger partial charge is 0.372 e. The first-order chi connectivity index (χ1) is 15.0. The van der Waals surface area contributed by atoms with Gasteiger partial charge in [0.05, 0.1) is 10.5 Å². The highest BCUT2D eigenvalue weighted by molar-refractivity contribution is 6.23. The van der Waals surface area contributed by atoms with Crippen molar-refractivity contribution in [2.24, 2.45) is 0 Å². The number of nitro groups is 1. The summed E-state index contributed by atoms with van der Waals surface area (Å²) >= 11 is 0. The standard InChI is InChI=1S/C22H22N4O5/c27-19(23-15-7-9-16(10-8-15)24-12-2-1-3-13-24)11-14-25-21(28)17-5-4-6-18(26(30)31)20(17)22(25)29/h4-10H,1-3,11-14H2,(H,23,27). The van der Waals surface area contributed by atoms with Gasteiger partial charge in [0.1, 0.15) is 5.56 Å². The van der Waals surface area contributed by atoms with Crippen molar-refractivity contribution in [2.45, 2.75) is 25.7 Å². The van der Waals surface area contributed by atoms with Crippen molar-refractivity contribution in [1.82, 2.24) is 4.90 Å². The van der Waals surface area contributed by atoms with Gasteiger partial charge in [0.2, 0.25) is 5.91 Å². The summed E-state index contributed by atoms with van der Waals surface area (Å²) in [6.45, 7) is 1.91. The van der Waals surface area contributed by atoms with E-state index in [4.69, 9.17) is 0 Å². The predicted molar refractivity (Wildman–Crippen MR) is 114 cm³/mol. The number of nitrogens with zero attached hydrogens (tertiary/aromatic N) is 3. The molecule has 31 heavy (non-hydrogen) atoms. The molecule has 2 aromatic rings. The molecule has 2 heterocycles. The maximum Gasteiger partial charge on any atom is 0.282 e. The molecule has 4 rings (SSSR count). The molecule has 1 N–H and O–H groups in total. The number of anilines is 2. The van der Waals surface area contributed by atoms with Crippen LogP contribution in [-0.4, -0.2) is 47.2 Å². The Labute approximate surface area is 178 Å². The van der Waals surface area contributed by atoms with E-state index in [1.807, 2.05) is 24.3 Å². The SMILES string of the molecule is O=C(CCN1C(=O)c2cccc([N+](=O)[O-])c2C1=O)Nc1ccc(N2CCCCC2)cc1. The molecule has 2 aliphatic heterocycles. The fourth-order valence-corrected chi connectivity index (χ4v) is 4.02. The molecule has 0 aliphatic carbocycles. The van der Waals surface area contributed by atoms with Crippen LogP contribution in [0, 0.1) is 10.1 Å². The second-order valence-electron chi connectivity index (χ2n) is 7.61. The average molecular weight is 422 g/mol. The number of fused-ring (bicyclic) bond motifs is 1. The van der Waals surface area contributed by atoms with Crippen molar-refractivity contribution in [1.29, 1.82) is 0 Å². The fraction of sp³-hybridized carbons (Fsp3) is 0.318. The van der Waals surface area contributed by atoms with Crippen LogP contribution in [-0.2, 0) is 4.79 Å². The molecule has 0 atom stereocenters. The molecule has 0 spiro atoms. The van der Waals surface area contributed by atoms with Crippen molar-refractivity contribution in [3.05, 3.63) is 63.7 Å². The number of carbonyl (C=O) groups is 3. The minimum Gasteiger partial charge on any atom is -0.372 e. The van der Waals surface area contributed by atoms with Gasteiger partial charge < -0.3 is 10.2 Å². The summed E-state index contributed by atoms with van der Waals surface area (Å²) in [5.74, 6) is -1.72. The van der Waals surface area contributed by atoms with Gasteiger partial charge in [-0.25, -0.2) is 0 Å². The summed E-state index contributed by atoms with van der Waals surface area (Å²) in [5, 5.41) is 13.9. The van der Waals surface area contributed by atoms with E-state index in [2.05, 4.69) is 10.2 Å². The van der Waals surface area contributed by atoms with E-state index in [0.29, 0.717) is 5.69 Å². The Hall–Kier alpha value is -3.75. The van der Waals surface area contributed by atoms with Gasteiger partial charge in [-0.05, 0) is 49.6 Å². The van der Waals surface area contributed by atoms with E-state index < -0.39 is 22.4 Å². The summed E-state index contributed by atoms with van der Waals surface area (Å²) in [6, 6.07) is 11.5. The van der Waals surface area contributed by atoms with Gasteiger partial charge in [-0.1, -0.05) is 6.07 Å². The molecule has 0 saturated carbocycles. The van der Waals surface area contributed by atoms with Crippen LogP contribution in [0.1, 0.15) is 46.4 Å². The normalized spacial score (nSPS) is 15.7. The third-order valence-corrected chi connectivity index (χ3v) is 5.61. The lowest BCUT2D eigenvalue weighted by Crippen LogP contribution is -2.33. The Bertz CT molecular complexity index is 1040. The smallest absolute Gasteiger partial charge is 0.282 e. The maximum absolute atomic E-state index is 12.6. The lowest BCUT2D eigenvalue weighted by Gasteiger charge is -2.28. The second-order valence-corrected chi connectivity index (χ2v) is 7.61. The number of amides is 3. The molecule has 1 saturated heterocycles. The number of rotatable bonds is 6. The first kappa shape index (κ1) is 20.5. The maximum atomic E-state index is 12.6. The number of piperidine rings is 1. The van der Waals surface area contributed by atoms with Crippen LogP contribution in [0.2, 0.25) is 0 Å². The zero-order valence-corrected chi connectivity index (χ0v) is 16.9. The van der Waals surface area contributed by atoms with Gasteiger partial charge in [-0.2, -0.15) is 0 Å². The molecule has 0 aromatic heterocycles. The van der Waals surface area contributed by atoms with Gasteiger partial charge in [-0.15, -0.1) is 0 Å². The third kappa shape index (κ3) is 4.11. The molecule has 0 radical (unpaired) electrons. The van der Waals surface area contributed by atoms with Crippen LogP contribution in [0.4, 0.5) is 17.1 Å². The van der Waals surface area contributed by atoms with Gasteiger partial charge in [-0.3, -0.25) is 29.4 Å². The highest BCUT2D eigenvalue weighted by atomic mass is 16.6. The number of nitro benzene ring substituents is 1. The second kappa shape index (κ2) is 8.55. The van der Waals surface area contributed by atoms with Gasteiger partial charge in [0.25, 0.3) is 17.5 Å². The van der Waals surface area contributed by atoms with Crippen LogP contribution < -0.4 is 10.2 Å². The van der Waals surface area contributed by atoms with Crippen LogP contribution in [0.15, 0.2) is 42.5 Å². The third-order valence-electron chi connectivity index (χ3n) is 5.61. The van der Waals surface area contributed by atoms with E-state index >= 15 is 0 Å². The van der Waals surface area contributed by atoms with Gasteiger partial charge >= 0.3 is 0 Å². The summed E-state index contributed by atoms with van der Waals surface area (Å²) in [5.41, 5.74) is 1.12. The Morgan fingerprint density at radius 2 is 1.71 bits per heavy atom. The molecule has 3 amide bonds. The van der Waals surface area contributed by atoms with Crippen LogP contribution in [0.5, 0.6) is 0 Å². The predicted octanol–water partition coefficient (Wildman–Crippen LogP) is 3.21. The minimum atomic E-state index is -0.744. The van der Waals surface area contributed by atoms with E-state index in [0.717, 1.165) is 23.7 Å². The quantitative estimate of drug-likeness (QED) is 0.435. The zero-order valence-electron chi connectivity index (χ0n) is 16.9. The number of hydrogen-bond acceptors (Lipinski definition) is 6. The molecule has 0 bridgehead atoms. The Morgan fingerprint density at radius 3 is 2.39 bits per heavy atom. The Kier molecular flexibility index (Phi) is 5.66. The molecule has 0 unspecified atom stereocenters. The first-order valence-electron chi connectivity index (χ1n) is 10.2. The van der Waals surface area contributed by atoms with Crippen molar-refractivity contribution in [3.8, 4) is 0 Å². The molecular formula is C22H22N4O5. The van der Waals surface area contributed by atoms with E-state index in [1.54, 1.807) is 0 Å². The highest BCUT2D eigenvalue weighted by Gasteiger charge is 2.40. The first-order valence-corrected chi connectivity index (χ1v) is 10.2. The number of imide groups is 1. The number of carbonyl (C=O) groups excluding carboxylic acids is 3. The van der Waals surface area contributed by atoms with E-state index in [-0.39, 0.29) is 30.0 Å². The topological polar surface area (TPSA) is 113 Å². The van der Waals surface area contributed by atoms with Gasteiger partial charge in [0.15, 0.2) is 0 Å². The molecule has 160 valence electrons. The van der Waals surface area contributed by atoms with E-state index in [9.17, 15) is 24.5 Å². The minimum absolute atomic E-state index is 0.00657. The number of nitrogens with one attached hydrogen (secondary N) is 1. The lowest BCUT2D eigenvalue weighted by atomic mass is 10.1. The van der Waals surface area contributed by atoms with E-state index in [1.165, 1.54) is 37.5 Å². The monoisotopic (exact) mass is 422 g/mol. The Balaban J connectivity index is 1.36. The zero-order chi connectivity index (χ0) is 22.0. The molecular weight excluding hydrogens is 400 g/mol. The van der Waals surface area contributed by atoms with Crippen molar-refractivity contribution >= 4 is 34.8 Å². The molecule has 9 nitrogen and oxygen atoms in total. The van der Waals surface area contributed by atoms with Crippen molar-refractivity contribution < 1.29 is 19.3 Å². The summed E-state index contributed by atoms with van der Waals surface area (Å²) < 4.78 is 0. The highest BCUT2D eigenvalue weighted by Crippen LogP contribution is 2.30. The Morgan fingerprint density at radius 1 is 1.00 bits per heavy atom. The van der Waals surface area contributed by atoms with Crippen LogP contribution >= 0.6 is 0 Å². The molecule has 2 aliphatic rings. The number of hydrogen-bond donors (Lipinski definition) is 1. The van der Waals surface area contributed by atoms with Crippen molar-refractivity contribution in [3.63, 3.8) is 0 Å². The molecule has 9 heteroatoms. The number of benzene rings is 2. The average Bonchev–Trinajstić information content (AvgIpc) is 3.03.